The highest BCUT2D eigenvalue weighted by atomic mass is 16.3. The lowest BCUT2D eigenvalue weighted by atomic mass is 9.84. The summed E-state index contributed by atoms with van der Waals surface area (Å²) < 4.78 is 0. The molecule has 84 valence electrons. The Balaban J connectivity index is 2.15. The third-order valence-electron chi connectivity index (χ3n) is 2.98. The highest BCUT2D eigenvalue weighted by molar-refractivity contribution is 5.08. The molecule has 2 heterocycles. The van der Waals surface area contributed by atoms with Crippen LogP contribution in [0.4, 0.5) is 0 Å². The van der Waals surface area contributed by atoms with E-state index >= 15 is 0 Å². The van der Waals surface area contributed by atoms with Gasteiger partial charge < -0.3 is 16.2 Å². The number of nitrogens with zero attached hydrogens (tertiary/aromatic N) is 3. The monoisotopic (exact) mass is 211 g/mol. The third kappa shape index (κ3) is 2.01. The number of piperidine rings is 1. The van der Waals surface area contributed by atoms with Gasteiger partial charge in [-0.15, -0.1) is 0 Å². The summed E-state index contributed by atoms with van der Waals surface area (Å²) in [4.78, 5) is 1.46. The van der Waals surface area contributed by atoms with E-state index in [0.717, 1.165) is 13.1 Å². The minimum Gasteiger partial charge on any atom is -0.388 e. The molecule has 6 nitrogen and oxygen atoms in total. The van der Waals surface area contributed by atoms with Crippen molar-refractivity contribution in [3.05, 3.63) is 11.9 Å². The van der Waals surface area contributed by atoms with Crippen LogP contribution in [-0.4, -0.2) is 38.8 Å². The molecule has 0 aromatic carbocycles. The minimum atomic E-state index is -0.846. The summed E-state index contributed by atoms with van der Waals surface area (Å²) in [7, 11) is 1.74. The number of hydrogen-bond acceptors (Lipinski definition) is 5. The molecule has 1 saturated heterocycles. The van der Waals surface area contributed by atoms with Crippen LogP contribution in [0, 0.1) is 0 Å². The molecule has 1 unspecified atom stereocenters. The fourth-order valence-corrected chi connectivity index (χ4v) is 1.95. The van der Waals surface area contributed by atoms with Gasteiger partial charge in [0.2, 0.25) is 0 Å². The zero-order valence-electron chi connectivity index (χ0n) is 8.85. The first-order valence-electron chi connectivity index (χ1n) is 5.17. The maximum atomic E-state index is 10.4. The lowest BCUT2D eigenvalue weighted by Gasteiger charge is -2.36. The van der Waals surface area contributed by atoms with E-state index in [-0.39, 0.29) is 0 Å². The molecular weight excluding hydrogens is 194 g/mol. The Bertz CT molecular complexity index is 331. The first kappa shape index (κ1) is 10.5. The number of aromatic nitrogens is 3. The van der Waals surface area contributed by atoms with Crippen molar-refractivity contribution >= 4 is 0 Å². The summed E-state index contributed by atoms with van der Waals surface area (Å²) in [6.45, 7) is 1.59. The standard InChI is InChI=1S/C9H17N5O/c1-14-12-6-7(13-14)8(10)9(15)2-4-11-5-3-9/h6,8,11,15H,2-5,10H2,1H3. The molecule has 0 saturated carbocycles. The van der Waals surface area contributed by atoms with Crippen LogP contribution in [0.25, 0.3) is 0 Å². The Hall–Kier alpha value is -0.980. The SMILES string of the molecule is Cn1ncc(C(N)C2(O)CCNCC2)n1. The second-order valence-electron chi connectivity index (χ2n) is 4.09. The largest absolute Gasteiger partial charge is 0.388 e. The number of aryl methyl sites for hydroxylation is 1. The van der Waals surface area contributed by atoms with E-state index in [1.807, 2.05) is 0 Å². The molecule has 15 heavy (non-hydrogen) atoms. The summed E-state index contributed by atoms with van der Waals surface area (Å²) in [6, 6.07) is -0.451. The Morgan fingerprint density at radius 1 is 1.60 bits per heavy atom. The molecule has 1 aliphatic rings. The van der Waals surface area contributed by atoms with Crippen LogP contribution in [0.15, 0.2) is 6.20 Å². The molecule has 0 amide bonds. The predicted molar refractivity (Wildman–Crippen MR) is 55.0 cm³/mol. The lowest BCUT2D eigenvalue weighted by molar-refractivity contribution is -0.0155. The molecule has 0 radical (unpaired) electrons. The third-order valence-corrected chi connectivity index (χ3v) is 2.98. The first-order chi connectivity index (χ1) is 7.12. The Morgan fingerprint density at radius 2 is 2.27 bits per heavy atom. The summed E-state index contributed by atoms with van der Waals surface area (Å²) in [5, 5.41) is 21.6. The van der Waals surface area contributed by atoms with Gasteiger partial charge in [0.1, 0.15) is 5.69 Å². The maximum Gasteiger partial charge on any atom is 0.102 e. The lowest BCUT2D eigenvalue weighted by Crippen LogP contribution is -2.49. The molecule has 1 aromatic heterocycles. The van der Waals surface area contributed by atoms with E-state index in [9.17, 15) is 5.11 Å². The van der Waals surface area contributed by atoms with Crippen LogP contribution in [0.5, 0.6) is 0 Å². The quantitative estimate of drug-likeness (QED) is 0.579. The smallest absolute Gasteiger partial charge is 0.102 e. The normalized spacial score (nSPS) is 22.6. The van der Waals surface area contributed by atoms with Gasteiger partial charge >= 0.3 is 0 Å². The van der Waals surface area contributed by atoms with Crippen LogP contribution in [0.3, 0.4) is 0 Å². The van der Waals surface area contributed by atoms with Crippen LogP contribution in [0.1, 0.15) is 24.6 Å². The second-order valence-corrected chi connectivity index (χ2v) is 4.09. The van der Waals surface area contributed by atoms with Gasteiger partial charge in [0.25, 0.3) is 0 Å². The van der Waals surface area contributed by atoms with Gasteiger partial charge in [0.15, 0.2) is 0 Å². The number of rotatable bonds is 2. The van der Waals surface area contributed by atoms with Gasteiger partial charge in [-0.1, -0.05) is 0 Å². The molecule has 1 aliphatic heterocycles. The molecular formula is C9H17N5O. The van der Waals surface area contributed by atoms with Gasteiger partial charge in [-0.25, -0.2) is 0 Å². The fraction of sp³-hybridized carbons (Fsp3) is 0.778. The Labute approximate surface area is 88.5 Å². The molecule has 6 heteroatoms. The minimum absolute atomic E-state index is 0.451. The summed E-state index contributed by atoms with van der Waals surface area (Å²) in [5.74, 6) is 0. The van der Waals surface area contributed by atoms with Gasteiger partial charge in [-0.05, 0) is 25.9 Å². The molecule has 1 atom stereocenters. The van der Waals surface area contributed by atoms with Gasteiger partial charge in [0.05, 0.1) is 17.8 Å². The number of nitrogens with two attached hydrogens (primary N) is 1. The van der Waals surface area contributed by atoms with E-state index in [4.69, 9.17) is 5.73 Å². The number of aliphatic hydroxyl groups is 1. The highest BCUT2D eigenvalue weighted by Gasteiger charge is 2.37. The molecule has 1 aromatic rings. The van der Waals surface area contributed by atoms with Crippen molar-refractivity contribution in [3.63, 3.8) is 0 Å². The maximum absolute atomic E-state index is 10.4. The average molecular weight is 211 g/mol. The highest BCUT2D eigenvalue weighted by Crippen LogP contribution is 2.29. The van der Waals surface area contributed by atoms with E-state index in [1.165, 1.54) is 4.80 Å². The topological polar surface area (TPSA) is 89.0 Å². The molecule has 0 spiro atoms. The van der Waals surface area contributed by atoms with Crippen molar-refractivity contribution in [1.29, 1.82) is 0 Å². The van der Waals surface area contributed by atoms with Crippen LogP contribution < -0.4 is 11.1 Å². The van der Waals surface area contributed by atoms with Gasteiger partial charge in [-0.3, -0.25) is 0 Å². The predicted octanol–water partition coefficient (Wildman–Crippen LogP) is -1.07. The Kier molecular flexibility index (Phi) is 2.72. The van der Waals surface area contributed by atoms with E-state index in [2.05, 4.69) is 15.5 Å². The average Bonchev–Trinajstić information content (AvgIpc) is 2.65. The molecule has 1 fully saturated rings. The molecule has 2 rings (SSSR count). The van der Waals surface area contributed by atoms with Gasteiger partial charge in [0, 0.05) is 7.05 Å². The summed E-state index contributed by atoms with van der Waals surface area (Å²) in [5.41, 5.74) is 5.83. The van der Waals surface area contributed by atoms with Crippen molar-refractivity contribution in [2.45, 2.75) is 24.5 Å². The van der Waals surface area contributed by atoms with Crippen LogP contribution in [0.2, 0.25) is 0 Å². The van der Waals surface area contributed by atoms with Crippen LogP contribution in [-0.2, 0) is 7.05 Å². The zero-order valence-corrected chi connectivity index (χ0v) is 8.85. The van der Waals surface area contributed by atoms with Crippen molar-refractivity contribution < 1.29 is 5.11 Å². The second kappa shape index (κ2) is 3.88. The first-order valence-corrected chi connectivity index (χ1v) is 5.17. The van der Waals surface area contributed by atoms with E-state index in [1.54, 1.807) is 13.2 Å². The molecule has 0 bridgehead atoms. The van der Waals surface area contributed by atoms with Gasteiger partial charge in [-0.2, -0.15) is 15.0 Å². The summed E-state index contributed by atoms with van der Waals surface area (Å²) in [6.07, 6.45) is 2.93. The van der Waals surface area contributed by atoms with Crippen molar-refractivity contribution in [2.75, 3.05) is 13.1 Å². The molecule has 0 aliphatic carbocycles. The van der Waals surface area contributed by atoms with Crippen molar-refractivity contribution in [1.82, 2.24) is 20.3 Å². The van der Waals surface area contributed by atoms with Crippen molar-refractivity contribution in [2.24, 2.45) is 12.8 Å². The zero-order chi connectivity index (χ0) is 10.9. The Morgan fingerprint density at radius 3 is 2.80 bits per heavy atom. The van der Waals surface area contributed by atoms with E-state index < -0.39 is 11.6 Å². The summed E-state index contributed by atoms with van der Waals surface area (Å²) >= 11 is 0. The number of nitrogens with one attached hydrogen (secondary N) is 1. The number of hydrogen-bond donors (Lipinski definition) is 3. The molecule has 4 N–H and O–H groups in total. The van der Waals surface area contributed by atoms with Crippen molar-refractivity contribution in [3.8, 4) is 0 Å². The fourth-order valence-electron chi connectivity index (χ4n) is 1.95. The van der Waals surface area contributed by atoms with E-state index in [0.29, 0.717) is 18.5 Å². The van der Waals surface area contributed by atoms with Crippen LogP contribution >= 0.6 is 0 Å².